The fourth-order valence-corrected chi connectivity index (χ4v) is 2.47. The van der Waals surface area contributed by atoms with E-state index in [1.807, 2.05) is 31.2 Å². The molecule has 0 radical (unpaired) electrons. The highest BCUT2D eigenvalue weighted by Gasteiger charge is 2.29. The molecule has 1 saturated heterocycles. The first-order valence-electron chi connectivity index (χ1n) is 7.27. The predicted molar refractivity (Wildman–Crippen MR) is 80.0 cm³/mol. The van der Waals surface area contributed by atoms with Gasteiger partial charge in [0.15, 0.2) is 6.10 Å². The van der Waals surface area contributed by atoms with Gasteiger partial charge >= 0.3 is 5.97 Å². The number of carboxylic acids is 1. The Morgan fingerprint density at radius 2 is 2.09 bits per heavy atom. The third-order valence-corrected chi connectivity index (χ3v) is 3.86. The van der Waals surface area contributed by atoms with Gasteiger partial charge in [0.2, 0.25) is 5.91 Å². The van der Waals surface area contributed by atoms with Crippen molar-refractivity contribution in [1.82, 2.24) is 4.90 Å². The summed E-state index contributed by atoms with van der Waals surface area (Å²) < 4.78 is 10.2. The zero-order valence-corrected chi connectivity index (χ0v) is 12.8. The van der Waals surface area contributed by atoms with E-state index in [2.05, 4.69) is 0 Å². The Labute approximate surface area is 129 Å². The number of carboxylic acid groups (broad SMARTS) is 1. The number of nitrogens with zero attached hydrogens (tertiary/aromatic N) is 1. The first-order chi connectivity index (χ1) is 10.5. The minimum absolute atomic E-state index is 0.0436. The summed E-state index contributed by atoms with van der Waals surface area (Å²) in [5.41, 5.74) is 1.05. The highest BCUT2D eigenvalue weighted by molar-refractivity contribution is 5.79. The summed E-state index contributed by atoms with van der Waals surface area (Å²) >= 11 is 0. The number of morpholine rings is 1. The Balaban J connectivity index is 1.93. The maximum Gasteiger partial charge on any atom is 0.334 e. The van der Waals surface area contributed by atoms with Gasteiger partial charge in [-0.2, -0.15) is 0 Å². The van der Waals surface area contributed by atoms with Gasteiger partial charge in [0.1, 0.15) is 5.75 Å². The van der Waals surface area contributed by atoms with Gasteiger partial charge in [0, 0.05) is 13.0 Å². The maximum absolute atomic E-state index is 12.3. The number of amides is 1. The van der Waals surface area contributed by atoms with Crippen molar-refractivity contribution in [2.75, 3.05) is 26.8 Å². The molecule has 0 unspecified atom stereocenters. The van der Waals surface area contributed by atoms with Crippen LogP contribution in [0.15, 0.2) is 24.3 Å². The van der Waals surface area contributed by atoms with Crippen LogP contribution in [-0.2, 0) is 14.3 Å². The zero-order chi connectivity index (χ0) is 16.1. The number of methoxy groups -OCH3 is 1. The Morgan fingerprint density at radius 1 is 1.41 bits per heavy atom. The lowest BCUT2D eigenvalue weighted by Gasteiger charge is -2.31. The highest BCUT2D eigenvalue weighted by Crippen LogP contribution is 2.23. The molecule has 120 valence electrons. The molecule has 22 heavy (non-hydrogen) atoms. The molecular formula is C16H21NO5. The minimum atomic E-state index is -1.03. The lowest BCUT2D eigenvalue weighted by Crippen LogP contribution is -2.48. The summed E-state index contributed by atoms with van der Waals surface area (Å²) in [6, 6.07) is 7.61. The van der Waals surface area contributed by atoms with Gasteiger partial charge in [-0.1, -0.05) is 19.1 Å². The summed E-state index contributed by atoms with van der Waals surface area (Å²) in [6.45, 7) is 2.80. The minimum Gasteiger partial charge on any atom is -0.497 e. The molecule has 2 rings (SSSR count). The number of ether oxygens (including phenoxy) is 2. The van der Waals surface area contributed by atoms with Crippen molar-refractivity contribution >= 4 is 11.9 Å². The van der Waals surface area contributed by atoms with Gasteiger partial charge in [-0.25, -0.2) is 4.79 Å². The summed E-state index contributed by atoms with van der Waals surface area (Å²) in [6.07, 6.45) is -0.576. The van der Waals surface area contributed by atoms with Crippen molar-refractivity contribution in [3.05, 3.63) is 29.8 Å². The van der Waals surface area contributed by atoms with E-state index in [1.165, 1.54) is 0 Å². The van der Waals surface area contributed by atoms with Gasteiger partial charge in [0.05, 0.1) is 20.3 Å². The van der Waals surface area contributed by atoms with Gasteiger partial charge in [-0.05, 0) is 23.6 Å². The quantitative estimate of drug-likeness (QED) is 0.892. The van der Waals surface area contributed by atoms with E-state index in [0.717, 1.165) is 11.3 Å². The fourth-order valence-electron chi connectivity index (χ4n) is 2.47. The lowest BCUT2D eigenvalue weighted by molar-refractivity contribution is -0.159. The first kappa shape index (κ1) is 16.3. The maximum atomic E-state index is 12.3. The van der Waals surface area contributed by atoms with Crippen molar-refractivity contribution in [3.63, 3.8) is 0 Å². The molecule has 1 aliphatic heterocycles. The van der Waals surface area contributed by atoms with Crippen LogP contribution in [0.5, 0.6) is 5.75 Å². The van der Waals surface area contributed by atoms with Gasteiger partial charge in [0.25, 0.3) is 0 Å². The molecular weight excluding hydrogens is 286 g/mol. The second-order valence-electron chi connectivity index (χ2n) is 5.42. The molecule has 0 aliphatic carbocycles. The van der Waals surface area contributed by atoms with Gasteiger partial charge in [-0.3, -0.25) is 4.79 Å². The molecule has 6 nitrogen and oxygen atoms in total. The van der Waals surface area contributed by atoms with Crippen molar-refractivity contribution in [3.8, 4) is 5.75 Å². The Kier molecular flexibility index (Phi) is 5.38. The number of hydrogen-bond acceptors (Lipinski definition) is 4. The zero-order valence-electron chi connectivity index (χ0n) is 12.8. The largest absolute Gasteiger partial charge is 0.497 e. The van der Waals surface area contributed by atoms with E-state index in [9.17, 15) is 9.59 Å². The number of hydrogen-bond donors (Lipinski definition) is 1. The van der Waals surface area contributed by atoms with Crippen LogP contribution < -0.4 is 4.74 Å². The Hall–Kier alpha value is -2.08. The van der Waals surface area contributed by atoms with E-state index in [0.29, 0.717) is 13.0 Å². The standard InChI is InChI=1S/C16H21NO5/c1-11(12-3-5-13(21-2)6-4-12)9-15(18)17-7-8-22-14(10-17)16(19)20/h3-6,11,14H,7-10H2,1-2H3,(H,19,20)/t11-,14-/m0/s1. The molecule has 0 saturated carbocycles. The van der Waals surface area contributed by atoms with Crippen LogP contribution in [0.1, 0.15) is 24.8 Å². The summed E-state index contributed by atoms with van der Waals surface area (Å²) in [7, 11) is 1.61. The third kappa shape index (κ3) is 3.98. The second-order valence-corrected chi connectivity index (χ2v) is 5.42. The molecule has 1 amide bonds. The lowest BCUT2D eigenvalue weighted by atomic mass is 9.97. The molecule has 1 aromatic rings. The predicted octanol–water partition coefficient (Wildman–Crippen LogP) is 1.50. The average Bonchev–Trinajstić information content (AvgIpc) is 2.54. The van der Waals surface area contributed by atoms with Crippen LogP contribution in [0.4, 0.5) is 0 Å². The van der Waals surface area contributed by atoms with E-state index in [4.69, 9.17) is 14.6 Å². The molecule has 1 heterocycles. The SMILES string of the molecule is COc1ccc([C@@H](C)CC(=O)N2CCO[C@H](C(=O)O)C2)cc1. The monoisotopic (exact) mass is 307 g/mol. The van der Waals surface area contributed by atoms with Crippen molar-refractivity contribution < 1.29 is 24.2 Å². The Bertz CT molecular complexity index is 528. The van der Waals surface area contributed by atoms with E-state index in [-0.39, 0.29) is 25.0 Å². The molecule has 1 aliphatic rings. The normalized spacial score (nSPS) is 19.5. The van der Waals surface area contributed by atoms with E-state index in [1.54, 1.807) is 12.0 Å². The molecule has 0 aromatic heterocycles. The van der Waals surface area contributed by atoms with E-state index >= 15 is 0 Å². The van der Waals surface area contributed by atoms with Crippen molar-refractivity contribution in [2.45, 2.75) is 25.4 Å². The third-order valence-electron chi connectivity index (χ3n) is 3.86. The second kappa shape index (κ2) is 7.26. The topological polar surface area (TPSA) is 76.1 Å². The molecule has 0 spiro atoms. The Morgan fingerprint density at radius 3 is 2.68 bits per heavy atom. The summed E-state index contributed by atoms with van der Waals surface area (Å²) in [5.74, 6) is -0.233. The average molecular weight is 307 g/mol. The fraction of sp³-hybridized carbons (Fsp3) is 0.500. The van der Waals surface area contributed by atoms with Gasteiger partial charge < -0.3 is 19.5 Å². The summed E-state index contributed by atoms with van der Waals surface area (Å²) in [4.78, 5) is 24.8. The van der Waals surface area contributed by atoms with Crippen molar-refractivity contribution in [1.29, 1.82) is 0 Å². The van der Waals surface area contributed by atoms with Crippen LogP contribution >= 0.6 is 0 Å². The highest BCUT2D eigenvalue weighted by atomic mass is 16.5. The molecule has 2 atom stereocenters. The number of aliphatic carboxylic acids is 1. The van der Waals surface area contributed by atoms with Gasteiger partial charge in [-0.15, -0.1) is 0 Å². The number of carbonyl (C=O) groups is 2. The van der Waals surface area contributed by atoms with E-state index < -0.39 is 12.1 Å². The van der Waals surface area contributed by atoms with Crippen LogP contribution in [0.2, 0.25) is 0 Å². The number of rotatable bonds is 5. The molecule has 6 heteroatoms. The van der Waals surface area contributed by atoms with Crippen LogP contribution in [0.3, 0.4) is 0 Å². The smallest absolute Gasteiger partial charge is 0.334 e. The molecule has 1 N–H and O–H groups in total. The van der Waals surface area contributed by atoms with Crippen molar-refractivity contribution in [2.24, 2.45) is 0 Å². The first-order valence-corrected chi connectivity index (χ1v) is 7.27. The van der Waals surface area contributed by atoms with Crippen LogP contribution in [0, 0.1) is 0 Å². The summed E-state index contributed by atoms with van der Waals surface area (Å²) in [5, 5.41) is 8.97. The van der Waals surface area contributed by atoms with Crippen LogP contribution in [-0.4, -0.2) is 54.8 Å². The molecule has 1 fully saturated rings. The number of carbonyl (C=O) groups excluding carboxylic acids is 1. The van der Waals surface area contributed by atoms with Crippen LogP contribution in [0.25, 0.3) is 0 Å². The number of benzene rings is 1. The molecule has 1 aromatic carbocycles. The molecule has 0 bridgehead atoms.